The summed E-state index contributed by atoms with van der Waals surface area (Å²) >= 11 is 14.9. The summed E-state index contributed by atoms with van der Waals surface area (Å²) in [5.74, 6) is -1.09. The molecular formula is C14H5BrCl2F2N2. The van der Waals surface area contributed by atoms with Crippen LogP contribution in [-0.4, -0.2) is 9.97 Å². The SMILES string of the molecule is Fc1cc2nc(-c3cccc(Cl)c3F)nc(Cl)c2cc1Br. The van der Waals surface area contributed by atoms with Crippen molar-refractivity contribution in [1.82, 2.24) is 9.97 Å². The number of halogens is 5. The minimum atomic E-state index is -0.646. The first-order valence-electron chi connectivity index (χ1n) is 5.74. The van der Waals surface area contributed by atoms with E-state index in [9.17, 15) is 8.78 Å². The van der Waals surface area contributed by atoms with Crippen molar-refractivity contribution in [3.63, 3.8) is 0 Å². The third kappa shape index (κ3) is 2.61. The monoisotopic (exact) mass is 388 g/mol. The van der Waals surface area contributed by atoms with Crippen LogP contribution in [0.4, 0.5) is 8.78 Å². The maximum atomic E-state index is 14.0. The Kier molecular flexibility index (Phi) is 3.82. The van der Waals surface area contributed by atoms with Gasteiger partial charge in [0.1, 0.15) is 11.0 Å². The fourth-order valence-corrected chi connectivity index (χ4v) is 2.63. The number of aromatic nitrogens is 2. The zero-order chi connectivity index (χ0) is 15.1. The Balaban J connectivity index is 2.30. The quantitative estimate of drug-likeness (QED) is 0.503. The lowest BCUT2D eigenvalue weighted by Gasteiger charge is -2.07. The second-order valence-electron chi connectivity index (χ2n) is 4.22. The van der Waals surface area contributed by atoms with Gasteiger partial charge in [0.05, 0.1) is 20.6 Å². The van der Waals surface area contributed by atoms with Crippen molar-refractivity contribution in [2.75, 3.05) is 0 Å². The molecule has 1 aromatic heterocycles. The first-order valence-corrected chi connectivity index (χ1v) is 7.29. The number of rotatable bonds is 1. The minimum Gasteiger partial charge on any atom is -0.228 e. The van der Waals surface area contributed by atoms with E-state index in [1.165, 1.54) is 24.3 Å². The lowest BCUT2D eigenvalue weighted by molar-refractivity contribution is 0.622. The lowest BCUT2D eigenvalue weighted by Crippen LogP contribution is -1.95. The Labute approximate surface area is 136 Å². The molecule has 0 unspecified atom stereocenters. The average Bonchev–Trinajstić information content (AvgIpc) is 2.44. The molecule has 2 nitrogen and oxygen atoms in total. The van der Waals surface area contributed by atoms with E-state index in [1.807, 2.05) is 0 Å². The molecule has 0 atom stereocenters. The van der Waals surface area contributed by atoms with Crippen molar-refractivity contribution in [1.29, 1.82) is 0 Å². The Bertz CT molecular complexity index is 871. The molecule has 0 aliphatic carbocycles. The van der Waals surface area contributed by atoms with Crippen LogP contribution in [0.5, 0.6) is 0 Å². The maximum Gasteiger partial charge on any atom is 0.164 e. The van der Waals surface area contributed by atoms with Gasteiger partial charge in [0, 0.05) is 11.5 Å². The summed E-state index contributed by atoms with van der Waals surface area (Å²) < 4.78 is 27.9. The third-order valence-corrected chi connectivity index (χ3v) is 4.07. The number of hydrogen-bond acceptors (Lipinski definition) is 2. The van der Waals surface area contributed by atoms with Crippen LogP contribution >= 0.6 is 39.1 Å². The highest BCUT2D eigenvalue weighted by atomic mass is 79.9. The maximum absolute atomic E-state index is 14.0. The molecule has 106 valence electrons. The van der Waals surface area contributed by atoms with E-state index in [4.69, 9.17) is 23.2 Å². The van der Waals surface area contributed by atoms with Gasteiger partial charge in [-0.2, -0.15) is 0 Å². The van der Waals surface area contributed by atoms with Crippen LogP contribution in [-0.2, 0) is 0 Å². The molecule has 0 spiro atoms. The number of benzene rings is 2. The molecule has 21 heavy (non-hydrogen) atoms. The molecule has 1 heterocycles. The highest BCUT2D eigenvalue weighted by Crippen LogP contribution is 2.31. The standard InChI is InChI=1S/C14H5BrCl2F2N2/c15-8-4-7-11(5-10(8)18)20-14(21-13(7)17)6-2-1-3-9(16)12(6)19/h1-5H. The van der Waals surface area contributed by atoms with E-state index >= 15 is 0 Å². The molecule has 0 fully saturated rings. The van der Waals surface area contributed by atoms with E-state index in [0.717, 1.165) is 0 Å². The van der Waals surface area contributed by atoms with Crippen molar-refractivity contribution < 1.29 is 8.78 Å². The van der Waals surface area contributed by atoms with Crippen LogP contribution in [0.15, 0.2) is 34.8 Å². The average molecular weight is 390 g/mol. The molecule has 0 saturated heterocycles. The van der Waals surface area contributed by atoms with Crippen molar-refractivity contribution in [2.45, 2.75) is 0 Å². The summed E-state index contributed by atoms with van der Waals surface area (Å²) in [6.45, 7) is 0. The van der Waals surface area contributed by atoms with Crippen molar-refractivity contribution >= 4 is 50.0 Å². The first-order chi connectivity index (χ1) is 9.97. The van der Waals surface area contributed by atoms with Gasteiger partial charge in [0.25, 0.3) is 0 Å². The molecule has 0 aliphatic rings. The summed E-state index contributed by atoms with van der Waals surface area (Å²) in [7, 11) is 0. The number of hydrogen-bond donors (Lipinski definition) is 0. The zero-order valence-electron chi connectivity index (χ0n) is 10.2. The molecule has 7 heteroatoms. The molecular weight excluding hydrogens is 385 g/mol. The Hall–Kier alpha value is -1.30. The van der Waals surface area contributed by atoms with Gasteiger partial charge >= 0.3 is 0 Å². The fourth-order valence-electron chi connectivity index (χ4n) is 1.88. The Morgan fingerprint density at radius 3 is 2.57 bits per heavy atom. The van der Waals surface area contributed by atoms with Crippen LogP contribution < -0.4 is 0 Å². The molecule has 0 N–H and O–H groups in total. The summed E-state index contributed by atoms with van der Waals surface area (Å²) in [6.07, 6.45) is 0. The van der Waals surface area contributed by atoms with E-state index in [0.29, 0.717) is 5.39 Å². The molecule has 3 rings (SSSR count). The third-order valence-electron chi connectivity index (χ3n) is 2.88. The van der Waals surface area contributed by atoms with E-state index in [-0.39, 0.29) is 31.6 Å². The van der Waals surface area contributed by atoms with Gasteiger partial charge in [-0.25, -0.2) is 18.7 Å². The van der Waals surface area contributed by atoms with Crippen LogP contribution in [0.25, 0.3) is 22.3 Å². The van der Waals surface area contributed by atoms with Gasteiger partial charge < -0.3 is 0 Å². The van der Waals surface area contributed by atoms with E-state index < -0.39 is 11.6 Å². The van der Waals surface area contributed by atoms with Gasteiger partial charge in [0.15, 0.2) is 11.6 Å². The largest absolute Gasteiger partial charge is 0.228 e. The lowest BCUT2D eigenvalue weighted by atomic mass is 10.2. The molecule has 0 bridgehead atoms. The second-order valence-corrected chi connectivity index (χ2v) is 5.84. The fraction of sp³-hybridized carbons (Fsp3) is 0. The summed E-state index contributed by atoms with van der Waals surface area (Å²) in [5, 5.41) is 0.528. The van der Waals surface area contributed by atoms with Gasteiger partial charge in [-0.15, -0.1) is 0 Å². The zero-order valence-corrected chi connectivity index (χ0v) is 13.3. The van der Waals surface area contributed by atoms with Gasteiger partial charge in [-0.3, -0.25) is 0 Å². The number of nitrogens with zero attached hydrogens (tertiary/aromatic N) is 2. The predicted octanol–water partition coefficient (Wildman–Crippen LogP) is 5.64. The van der Waals surface area contributed by atoms with Crippen molar-refractivity contribution in [2.24, 2.45) is 0 Å². The molecule has 2 aromatic carbocycles. The minimum absolute atomic E-state index is 0.0469. The molecule has 0 aliphatic heterocycles. The topological polar surface area (TPSA) is 25.8 Å². The summed E-state index contributed by atoms with van der Waals surface area (Å²) in [6, 6.07) is 7.15. The van der Waals surface area contributed by atoms with Crippen LogP contribution in [0, 0.1) is 11.6 Å². The second kappa shape index (κ2) is 5.48. The smallest absolute Gasteiger partial charge is 0.164 e. The van der Waals surface area contributed by atoms with Crippen molar-refractivity contribution in [3.05, 3.63) is 56.6 Å². The Morgan fingerprint density at radius 2 is 1.81 bits per heavy atom. The molecule has 0 amide bonds. The highest BCUT2D eigenvalue weighted by Gasteiger charge is 2.15. The summed E-state index contributed by atoms with van der Waals surface area (Å²) in [4.78, 5) is 8.21. The van der Waals surface area contributed by atoms with Gasteiger partial charge in [-0.05, 0) is 34.1 Å². The first kappa shape index (κ1) is 14.6. The number of fused-ring (bicyclic) bond motifs is 1. The predicted molar refractivity (Wildman–Crippen MR) is 82.6 cm³/mol. The molecule has 3 aromatic rings. The van der Waals surface area contributed by atoms with E-state index in [1.54, 1.807) is 6.07 Å². The Morgan fingerprint density at radius 1 is 1.05 bits per heavy atom. The van der Waals surface area contributed by atoms with Crippen molar-refractivity contribution in [3.8, 4) is 11.4 Å². The molecule has 0 radical (unpaired) electrons. The van der Waals surface area contributed by atoms with E-state index in [2.05, 4.69) is 25.9 Å². The summed E-state index contributed by atoms with van der Waals surface area (Å²) in [5.41, 5.74) is 0.389. The highest BCUT2D eigenvalue weighted by molar-refractivity contribution is 9.10. The van der Waals surface area contributed by atoms with Crippen LogP contribution in [0.3, 0.4) is 0 Å². The van der Waals surface area contributed by atoms with Crippen LogP contribution in [0.1, 0.15) is 0 Å². The molecule has 0 saturated carbocycles. The van der Waals surface area contributed by atoms with Crippen LogP contribution in [0.2, 0.25) is 10.2 Å². The van der Waals surface area contributed by atoms with Gasteiger partial charge in [0.2, 0.25) is 0 Å². The van der Waals surface area contributed by atoms with Gasteiger partial charge in [-0.1, -0.05) is 29.3 Å². The normalized spacial score (nSPS) is 11.1.